The van der Waals surface area contributed by atoms with Crippen LogP contribution in [0.5, 0.6) is 0 Å². The molecule has 7 nitrogen and oxygen atoms in total. The van der Waals surface area contributed by atoms with Crippen molar-refractivity contribution in [3.8, 4) is 11.3 Å². The molecule has 0 unspecified atom stereocenters. The molecule has 0 atom stereocenters. The van der Waals surface area contributed by atoms with Gasteiger partial charge in [-0.3, -0.25) is 4.72 Å². The van der Waals surface area contributed by atoms with Gasteiger partial charge in [-0.1, -0.05) is 13.8 Å². The molecule has 1 aromatic heterocycles. The van der Waals surface area contributed by atoms with Crippen molar-refractivity contribution in [2.45, 2.75) is 19.8 Å². The van der Waals surface area contributed by atoms with Crippen LogP contribution < -0.4 is 4.72 Å². The molecule has 0 aliphatic rings. The quantitative estimate of drug-likeness (QED) is 0.816. The number of halogens is 1. The molecule has 25 heavy (non-hydrogen) atoms. The van der Waals surface area contributed by atoms with E-state index in [9.17, 15) is 17.6 Å². The fourth-order valence-electron chi connectivity index (χ4n) is 2.23. The number of hydrogen-bond donors (Lipinski definition) is 1. The van der Waals surface area contributed by atoms with Gasteiger partial charge >= 0.3 is 5.97 Å². The Morgan fingerprint density at radius 2 is 1.80 bits per heavy atom. The van der Waals surface area contributed by atoms with Gasteiger partial charge < -0.3 is 4.74 Å². The van der Waals surface area contributed by atoms with Crippen molar-refractivity contribution in [2.24, 2.45) is 0 Å². The standard InChI is InChI=1S/C16H18FN3O4S/c1-9(2)13-12(15(21)24-3)14(10-5-7-11(17)8-6-10)19-16(18-13)20-25(4,22)23/h5-9H,1-4H3,(H,18,19,20). The number of nitrogens with zero attached hydrogens (tertiary/aromatic N) is 2. The Kier molecular flexibility index (Phi) is 5.36. The Morgan fingerprint density at radius 1 is 1.20 bits per heavy atom. The molecule has 9 heteroatoms. The van der Waals surface area contributed by atoms with Crippen molar-refractivity contribution in [3.05, 3.63) is 41.3 Å². The topological polar surface area (TPSA) is 98.2 Å². The zero-order valence-corrected chi connectivity index (χ0v) is 15.0. The molecule has 0 amide bonds. The Hall–Kier alpha value is -2.55. The summed E-state index contributed by atoms with van der Waals surface area (Å²) in [6, 6.07) is 5.32. The van der Waals surface area contributed by atoms with Gasteiger partial charge in [-0.2, -0.15) is 0 Å². The number of rotatable bonds is 5. The van der Waals surface area contributed by atoms with Crippen molar-refractivity contribution in [1.82, 2.24) is 9.97 Å². The Bertz CT molecular complexity index is 896. The van der Waals surface area contributed by atoms with E-state index in [1.54, 1.807) is 13.8 Å². The summed E-state index contributed by atoms with van der Waals surface area (Å²) in [6.45, 7) is 3.60. The smallest absolute Gasteiger partial charge is 0.341 e. The van der Waals surface area contributed by atoms with Crippen molar-refractivity contribution in [3.63, 3.8) is 0 Å². The third-order valence-electron chi connectivity index (χ3n) is 3.27. The van der Waals surface area contributed by atoms with Crippen molar-refractivity contribution < 1.29 is 22.3 Å². The number of hydrogen-bond acceptors (Lipinski definition) is 6. The maximum atomic E-state index is 13.2. The maximum absolute atomic E-state index is 13.2. The molecule has 1 aromatic carbocycles. The van der Waals surface area contributed by atoms with E-state index in [0.29, 0.717) is 11.3 Å². The average molecular weight is 367 g/mol. The SMILES string of the molecule is COC(=O)c1c(-c2ccc(F)cc2)nc(NS(C)(=O)=O)nc1C(C)C. The highest BCUT2D eigenvalue weighted by atomic mass is 32.2. The first-order chi connectivity index (χ1) is 11.6. The highest BCUT2D eigenvalue weighted by Crippen LogP contribution is 2.30. The number of sulfonamides is 1. The van der Waals surface area contributed by atoms with E-state index in [0.717, 1.165) is 6.26 Å². The summed E-state index contributed by atoms with van der Waals surface area (Å²) in [6.07, 6.45) is 0.969. The highest BCUT2D eigenvalue weighted by Gasteiger charge is 2.25. The van der Waals surface area contributed by atoms with E-state index in [-0.39, 0.29) is 23.1 Å². The summed E-state index contributed by atoms with van der Waals surface area (Å²) in [4.78, 5) is 20.6. The van der Waals surface area contributed by atoms with E-state index in [1.807, 2.05) is 0 Å². The molecular weight excluding hydrogens is 349 g/mol. The summed E-state index contributed by atoms with van der Waals surface area (Å²) in [5.41, 5.74) is 1.04. The predicted octanol–water partition coefficient (Wildman–Crippen LogP) is 2.56. The van der Waals surface area contributed by atoms with Gasteiger partial charge in [0, 0.05) is 5.56 Å². The molecule has 0 saturated heterocycles. The third kappa shape index (κ3) is 4.50. The van der Waals surface area contributed by atoms with Crippen LogP contribution in [0.2, 0.25) is 0 Å². The Morgan fingerprint density at radius 3 is 2.28 bits per heavy atom. The number of aromatic nitrogens is 2. The first-order valence-corrected chi connectivity index (χ1v) is 9.25. The maximum Gasteiger partial charge on any atom is 0.341 e. The first-order valence-electron chi connectivity index (χ1n) is 7.36. The van der Waals surface area contributed by atoms with Crippen molar-refractivity contribution in [2.75, 3.05) is 18.1 Å². The van der Waals surface area contributed by atoms with Crippen LogP contribution in [0.3, 0.4) is 0 Å². The van der Waals surface area contributed by atoms with Crippen molar-refractivity contribution in [1.29, 1.82) is 0 Å². The summed E-state index contributed by atoms with van der Waals surface area (Å²) >= 11 is 0. The molecular formula is C16H18FN3O4S. The number of carbonyl (C=O) groups excluding carboxylic acids is 1. The molecule has 0 bridgehead atoms. The van der Waals surface area contributed by atoms with Gasteiger partial charge in [-0.25, -0.2) is 27.6 Å². The van der Waals surface area contributed by atoms with Crippen LogP contribution in [0.4, 0.5) is 10.3 Å². The number of anilines is 1. The van der Waals surface area contributed by atoms with E-state index in [2.05, 4.69) is 14.7 Å². The van der Waals surface area contributed by atoms with Gasteiger partial charge in [0.15, 0.2) is 0 Å². The molecule has 0 spiro atoms. The molecule has 0 fully saturated rings. The molecule has 2 aromatic rings. The molecule has 0 saturated carbocycles. The van der Waals surface area contributed by atoms with Gasteiger partial charge in [-0.05, 0) is 30.2 Å². The van der Waals surface area contributed by atoms with Crippen LogP contribution in [0.25, 0.3) is 11.3 Å². The van der Waals surface area contributed by atoms with E-state index < -0.39 is 21.8 Å². The minimum absolute atomic E-state index is 0.114. The second-order valence-corrected chi connectivity index (χ2v) is 7.43. The minimum Gasteiger partial charge on any atom is -0.465 e. The minimum atomic E-state index is -3.62. The average Bonchev–Trinajstić information content (AvgIpc) is 2.52. The molecule has 0 radical (unpaired) electrons. The number of methoxy groups -OCH3 is 1. The monoisotopic (exact) mass is 367 g/mol. The largest absolute Gasteiger partial charge is 0.465 e. The lowest BCUT2D eigenvalue weighted by Gasteiger charge is -2.16. The van der Waals surface area contributed by atoms with Crippen LogP contribution in [-0.4, -0.2) is 37.7 Å². The van der Waals surface area contributed by atoms with Gasteiger partial charge in [0.1, 0.15) is 11.4 Å². The zero-order chi connectivity index (χ0) is 18.8. The summed E-state index contributed by atoms with van der Waals surface area (Å²) < 4.78 is 43.3. The van der Waals surface area contributed by atoms with E-state index in [1.165, 1.54) is 31.4 Å². The lowest BCUT2D eigenvalue weighted by molar-refractivity contribution is 0.0599. The lowest BCUT2D eigenvalue weighted by atomic mass is 9.98. The molecule has 1 heterocycles. The predicted molar refractivity (Wildman–Crippen MR) is 91.3 cm³/mol. The number of benzene rings is 1. The molecule has 0 aliphatic carbocycles. The fourth-order valence-corrected chi connectivity index (χ4v) is 2.65. The molecule has 0 aliphatic heterocycles. The Labute approximate surface area is 145 Å². The van der Waals surface area contributed by atoms with Gasteiger partial charge in [0.25, 0.3) is 0 Å². The summed E-state index contributed by atoms with van der Waals surface area (Å²) in [5.74, 6) is -1.49. The van der Waals surface area contributed by atoms with Gasteiger partial charge in [-0.15, -0.1) is 0 Å². The highest BCUT2D eigenvalue weighted by molar-refractivity contribution is 7.91. The summed E-state index contributed by atoms with van der Waals surface area (Å²) in [7, 11) is -2.39. The van der Waals surface area contributed by atoms with Crippen LogP contribution in [0.1, 0.15) is 35.8 Å². The number of carbonyl (C=O) groups is 1. The normalized spacial score (nSPS) is 11.4. The first kappa shape index (κ1) is 18.8. The van der Waals surface area contributed by atoms with Gasteiger partial charge in [0.05, 0.1) is 24.8 Å². The van der Waals surface area contributed by atoms with Crippen LogP contribution in [0, 0.1) is 5.82 Å². The Balaban J connectivity index is 2.79. The second-order valence-electron chi connectivity index (χ2n) is 5.68. The summed E-state index contributed by atoms with van der Waals surface area (Å²) in [5, 5.41) is 0. The molecule has 2 rings (SSSR count). The molecule has 1 N–H and O–H groups in total. The number of esters is 1. The van der Waals surface area contributed by atoms with Gasteiger partial charge in [0.2, 0.25) is 16.0 Å². The van der Waals surface area contributed by atoms with Crippen molar-refractivity contribution >= 4 is 21.9 Å². The van der Waals surface area contributed by atoms with E-state index >= 15 is 0 Å². The van der Waals surface area contributed by atoms with Crippen LogP contribution >= 0.6 is 0 Å². The van der Waals surface area contributed by atoms with Crippen LogP contribution in [0.15, 0.2) is 24.3 Å². The second kappa shape index (κ2) is 7.14. The van der Waals surface area contributed by atoms with Crippen LogP contribution in [-0.2, 0) is 14.8 Å². The number of ether oxygens (including phenoxy) is 1. The lowest BCUT2D eigenvalue weighted by Crippen LogP contribution is -2.18. The third-order valence-corrected chi connectivity index (χ3v) is 3.82. The van der Waals surface area contributed by atoms with E-state index in [4.69, 9.17) is 4.74 Å². The fraction of sp³-hybridized carbons (Fsp3) is 0.312. The zero-order valence-electron chi connectivity index (χ0n) is 14.2. The number of nitrogens with one attached hydrogen (secondary N) is 1. The molecule has 134 valence electrons.